The highest BCUT2D eigenvalue weighted by atomic mass is 16.1. The number of hydrogen-bond donors (Lipinski definition) is 3. The van der Waals surface area contributed by atoms with E-state index >= 15 is 0 Å². The molecule has 0 spiro atoms. The lowest BCUT2D eigenvalue weighted by Crippen LogP contribution is -2.10. The Labute approximate surface area is 155 Å². The van der Waals surface area contributed by atoms with Crippen LogP contribution in [-0.2, 0) is 0 Å². The second-order valence-electron chi connectivity index (χ2n) is 5.98. The predicted octanol–water partition coefficient (Wildman–Crippen LogP) is 3.30. The number of amides is 1. The highest BCUT2D eigenvalue weighted by Crippen LogP contribution is 2.26. The summed E-state index contributed by atoms with van der Waals surface area (Å²) in [5, 5.41) is 6.37. The number of anilines is 3. The predicted molar refractivity (Wildman–Crippen MR) is 107 cm³/mol. The summed E-state index contributed by atoms with van der Waals surface area (Å²) in [6.07, 6.45) is 1.73. The van der Waals surface area contributed by atoms with Crippen LogP contribution in [0.1, 0.15) is 10.4 Å². The van der Waals surface area contributed by atoms with Crippen LogP contribution in [0.15, 0.2) is 66.9 Å². The molecule has 2 aromatic carbocycles. The van der Waals surface area contributed by atoms with Gasteiger partial charge >= 0.3 is 0 Å². The minimum Gasteiger partial charge on any atom is -0.366 e. The summed E-state index contributed by atoms with van der Waals surface area (Å²) in [5.74, 6) is 0.961. The molecule has 134 valence electrons. The van der Waals surface area contributed by atoms with Gasteiger partial charge in [-0.05, 0) is 36.4 Å². The van der Waals surface area contributed by atoms with E-state index in [0.29, 0.717) is 11.4 Å². The molecule has 0 saturated carbocycles. The van der Waals surface area contributed by atoms with Crippen molar-refractivity contribution in [2.75, 3.05) is 17.7 Å². The van der Waals surface area contributed by atoms with E-state index in [1.807, 2.05) is 48.0 Å². The number of benzene rings is 2. The number of fused-ring (bicyclic) bond motifs is 1. The molecule has 0 bridgehead atoms. The zero-order chi connectivity index (χ0) is 18.8. The van der Waals surface area contributed by atoms with Crippen LogP contribution in [0.4, 0.5) is 17.5 Å². The fourth-order valence-electron chi connectivity index (χ4n) is 2.92. The second kappa shape index (κ2) is 6.80. The second-order valence-corrected chi connectivity index (χ2v) is 5.98. The van der Waals surface area contributed by atoms with Gasteiger partial charge in [-0.3, -0.25) is 9.36 Å². The van der Waals surface area contributed by atoms with Crippen molar-refractivity contribution < 1.29 is 4.79 Å². The van der Waals surface area contributed by atoms with E-state index in [0.717, 1.165) is 28.4 Å². The highest BCUT2D eigenvalue weighted by Gasteiger charge is 2.12. The fourth-order valence-corrected chi connectivity index (χ4v) is 2.92. The van der Waals surface area contributed by atoms with Gasteiger partial charge in [0.25, 0.3) is 0 Å². The first kappa shape index (κ1) is 16.6. The van der Waals surface area contributed by atoms with Gasteiger partial charge < -0.3 is 16.4 Å². The van der Waals surface area contributed by atoms with Crippen molar-refractivity contribution >= 4 is 34.4 Å². The van der Waals surface area contributed by atoms with Crippen LogP contribution in [0.3, 0.4) is 0 Å². The maximum atomic E-state index is 11.2. The Bertz CT molecular complexity index is 1100. The molecule has 0 unspecified atom stereocenters. The Morgan fingerprint density at radius 2 is 1.81 bits per heavy atom. The number of aromatic nitrogens is 3. The van der Waals surface area contributed by atoms with Gasteiger partial charge in [0.2, 0.25) is 11.9 Å². The molecule has 0 aliphatic heterocycles. The number of primary amides is 1. The standard InChI is InChI=1S/C20H18N6O/c1-22-20-25-16-12-23-18(24-14-9-7-13(8-10-14)19(21)27)11-17(16)26(20)15-5-3-2-4-6-15/h2-12H,1H3,(H2,21,27)(H,22,25)(H,23,24). The zero-order valence-electron chi connectivity index (χ0n) is 14.7. The molecular formula is C20H18N6O. The molecule has 4 rings (SSSR count). The van der Waals surface area contributed by atoms with Crippen LogP contribution >= 0.6 is 0 Å². The number of nitrogens with zero attached hydrogens (tertiary/aromatic N) is 3. The largest absolute Gasteiger partial charge is 0.366 e. The summed E-state index contributed by atoms with van der Waals surface area (Å²) in [7, 11) is 1.84. The summed E-state index contributed by atoms with van der Waals surface area (Å²) in [6.45, 7) is 0. The normalized spacial score (nSPS) is 10.7. The van der Waals surface area contributed by atoms with Gasteiger partial charge in [-0.25, -0.2) is 9.97 Å². The number of nitrogens with one attached hydrogen (secondary N) is 2. The smallest absolute Gasteiger partial charge is 0.248 e. The van der Waals surface area contributed by atoms with Crippen molar-refractivity contribution in [2.24, 2.45) is 5.73 Å². The molecule has 27 heavy (non-hydrogen) atoms. The van der Waals surface area contributed by atoms with Crippen LogP contribution in [0, 0.1) is 0 Å². The Morgan fingerprint density at radius 3 is 2.48 bits per heavy atom. The van der Waals surface area contributed by atoms with Gasteiger partial charge in [0.15, 0.2) is 0 Å². The number of carbonyl (C=O) groups excluding carboxylic acids is 1. The topological polar surface area (TPSA) is 97.9 Å². The first-order valence-corrected chi connectivity index (χ1v) is 8.44. The molecule has 0 fully saturated rings. The Morgan fingerprint density at radius 1 is 1.07 bits per heavy atom. The summed E-state index contributed by atoms with van der Waals surface area (Å²) >= 11 is 0. The van der Waals surface area contributed by atoms with E-state index in [4.69, 9.17) is 5.73 Å². The highest BCUT2D eigenvalue weighted by molar-refractivity contribution is 5.93. The SMILES string of the molecule is CNc1nc2cnc(Nc3ccc(C(N)=O)cc3)cc2n1-c1ccccc1. The number of para-hydroxylation sites is 1. The molecule has 2 aromatic heterocycles. The minimum absolute atomic E-state index is 0.451. The molecule has 0 radical (unpaired) electrons. The molecule has 2 heterocycles. The molecule has 7 heteroatoms. The third-order valence-corrected chi connectivity index (χ3v) is 4.22. The first-order chi connectivity index (χ1) is 13.2. The molecule has 7 nitrogen and oxygen atoms in total. The van der Waals surface area contributed by atoms with E-state index in [9.17, 15) is 4.79 Å². The molecule has 0 saturated heterocycles. The number of imidazole rings is 1. The Balaban J connectivity index is 1.74. The molecule has 1 amide bonds. The van der Waals surface area contributed by atoms with Crippen LogP contribution < -0.4 is 16.4 Å². The first-order valence-electron chi connectivity index (χ1n) is 8.44. The van der Waals surface area contributed by atoms with E-state index < -0.39 is 5.91 Å². The third-order valence-electron chi connectivity index (χ3n) is 4.22. The third kappa shape index (κ3) is 3.18. The van der Waals surface area contributed by atoms with Crippen LogP contribution in [0.25, 0.3) is 16.7 Å². The summed E-state index contributed by atoms with van der Waals surface area (Å²) in [4.78, 5) is 20.2. The van der Waals surface area contributed by atoms with Crippen molar-refractivity contribution in [3.63, 3.8) is 0 Å². The van der Waals surface area contributed by atoms with Crippen molar-refractivity contribution in [1.29, 1.82) is 0 Å². The average Bonchev–Trinajstić information content (AvgIpc) is 3.07. The van der Waals surface area contributed by atoms with Crippen molar-refractivity contribution in [1.82, 2.24) is 14.5 Å². The molecule has 4 N–H and O–H groups in total. The number of hydrogen-bond acceptors (Lipinski definition) is 5. The maximum absolute atomic E-state index is 11.2. The Hall–Kier alpha value is -3.87. The van der Waals surface area contributed by atoms with Crippen LogP contribution in [0.2, 0.25) is 0 Å². The lowest BCUT2D eigenvalue weighted by atomic mass is 10.2. The lowest BCUT2D eigenvalue weighted by Gasteiger charge is -2.10. The van der Waals surface area contributed by atoms with Crippen molar-refractivity contribution in [2.45, 2.75) is 0 Å². The van der Waals surface area contributed by atoms with Gasteiger partial charge in [0, 0.05) is 30.1 Å². The van der Waals surface area contributed by atoms with Crippen molar-refractivity contribution in [3.05, 3.63) is 72.4 Å². The number of rotatable bonds is 5. The van der Waals surface area contributed by atoms with Crippen LogP contribution in [0.5, 0.6) is 0 Å². The summed E-state index contributed by atoms with van der Waals surface area (Å²) in [6, 6.07) is 18.9. The molecule has 4 aromatic rings. The van der Waals surface area contributed by atoms with E-state index in [-0.39, 0.29) is 0 Å². The van der Waals surface area contributed by atoms with Gasteiger partial charge in [0.1, 0.15) is 11.3 Å². The van der Waals surface area contributed by atoms with E-state index in [1.165, 1.54) is 0 Å². The molecule has 0 atom stereocenters. The quantitative estimate of drug-likeness (QED) is 0.508. The van der Waals surface area contributed by atoms with E-state index in [1.54, 1.807) is 30.5 Å². The summed E-state index contributed by atoms with van der Waals surface area (Å²) < 4.78 is 2.04. The average molecular weight is 358 g/mol. The maximum Gasteiger partial charge on any atom is 0.248 e. The number of pyridine rings is 1. The monoisotopic (exact) mass is 358 g/mol. The Kier molecular flexibility index (Phi) is 4.18. The number of nitrogens with two attached hydrogens (primary N) is 1. The lowest BCUT2D eigenvalue weighted by molar-refractivity contribution is 0.100. The number of carbonyl (C=O) groups is 1. The molecular weight excluding hydrogens is 340 g/mol. The molecule has 0 aliphatic rings. The zero-order valence-corrected chi connectivity index (χ0v) is 14.7. The van der Waals surface area contributed by atoms with Gasteiger partial charge in [-0.15, -0.1) is 0 Å². The summed E-state index contributed by atoms with van der Waals surface area (Å²) in [5.41, 5.74) is 9.28. The van der Waals surface area contributed by atoms with Crippen molar-refractivity contribution in [3.8, 4) is 5.69 Å². The minimum atomic E-state index is -0.451. The van der Waals surface area contributed by atoms with E-state index in [2.05, 4.69) is 20.6 Å². The van der Waals surface area contributed by atoms with Gasteiger partial charge in [-0.2, -0.15) is 0 Å². The van der Waals surface area contributed by atoms with Gasteiger partial charge in [-0.1, -0.05) is 18.2 Å². The van der Waals surface area contributed by atoms with Crippen LogP contribution in [-0.4, -0.2) is 27.5 Å². The van der Waals surface area contributed by atoms with Gasteiger partial charge in [0.05, 0.1) is 11.7 Å². The molecule has 0 aliphatic carbocycles. The fraction of sp³-hybridized carbons (Fsp3) is 0.0500.